The van der Waals surface area contributed by atoms with Crippen molar-refractivity contribution < 1.29 is 4.79 Å². The maximum Gasteiger partial charge on any atom is 0.205 e. The second-order valence-electron chi connectivity index (χ2n) is 4.81. The van der Waals surface area contributed by atoms with Crippen LogP contribution in [-0.2, 0) is 0 Å². The lowest BCUT2D eigenvalue weighted by molar-refractivity contribution is 0.112. The fraction of sp³-hybridized carbons (Fsp3) is 0. The van der Waals surface area contributed by atoms with E-state index in [9.17, 15) is 4.79 Å². The van der Waals surface area contributed by atoms with Gasteiger partial charge in [0.1, 0.15) is 6.29 Å². The number of pyridine rings is 1. The van der Waals surface area contributed by atoms with Gasteiger partial charge in [0.25, 0.3) is 0 Å². The molecule has 1 aromatic heterocycles. The molecule has 0 spiro atoms. The van der Waals surface area contributed by atoms with Crippen LogP contribution in [0.5, 0.6) is 0 Å². The summed E-state index contributed by atoms with van der Waals surface area (Å²) in [5.41, 5.74) is 4.77. The number of hydrogen-bond acceptors (Lipinski definition) is 2. The van der Waals surface area contributed by atoms with E-state index in [4.69, 9.17) is 6.57 Å². The van der Waals surface area contributed by atoms with Crippen molar-refractivity contribution >= 4 is 12.0 Å². The predicted octanol–water partition coefficient (Wildman–Crippen LogP) is 4.78. The van der Waals surface area contributed by atoms with E-state index in [1.807, 2.05) is 48.5 Å². The molecule has 0 atom stereocenters. The lowest BCUT2D eigenvalue weighted by Crippen LogP contribution is -1.89. The van der Waals surface area contributed by atoms with Crippen LogP contribution in [0.15, 0.2) is 66.9 Å². The highest BCUT2D eigenvalue weighted by atomic mass is 16.1. The quantitative estimate of drug-likeness (QED) is 0.512. The van der Waals surface area contributed by atoms with Gasteiger partial charge in [-0.1, -0.05) is 54.6 Å². The molecule has 3 nitrogen and oxygen atoms in total. The van der Waals surface area contributed by atoms with Crippen molar-refractivity contribution in [1.29, 1.82) is 0 Å². The Labute approximate surface area is 128 Å². The standard InChI is InChI=1S/C19H12N2O/c1-20-17-11-18(15-5-3-2-4-6-15)19(21-12-17)16-9-7-14(13-22)8-10-16/h2-13H. The molecule has 22 heavy (non-hydrogen) atoms. The maximum absolute atomic E-state index is 10.8. The number of aromatic nitrogens is 1. The molecule has 0 N–H and O–H groups in total. The number of carbonyl (C=O) groups excluding carboxylic acids is 1. The van der Waals surface area contributed by atoms with Gasteiger partial charge in [-0.15, -0.1) is 0 Å². The van der Waals surface area contributed by atoms with E-state index in [0.29, 0.717) is 11.3 Å². The molecule has 0 amide bonds. The molecule has 0 radical (unpaired) electrons. The Morgan fingerprint density at radius 1 is 0.955 bits per heavy atom. The summed E-state index contributed by atoms with van der Waals surface area (Å²) in [4.78, 5) is 18.7. The highest BCUT2D eigenvalue weighted by molar-refractivity contribution is 5.84. The zero-order chi connectivity index (χ0) is 15.4. The minimum absolute atomic E-state index is 0.507. The molecule has 0 aliphatic carbocycles. The van der Waals surface area contributed by atoms with Gasteiger partial charge in [-0.05, 0) is 17.2 Å². The first-order chi connectivity index (χ1) is 10.8. The largest absolute Gasteiger partial charge is 0.298 e. The van der Waals surface area contributed by atoms with Gasteiger partial charge in [0.2, 0.25) is 5.69 Å². The SMILES string of the molecule is [C-]#[N+]c1cnc(-c2ccc(C=O)cc2)c(-c2ccccc2)c1. The van der Waals surface area contributed by atoms with E-state index >= 15 is 0 Å². The molecule has 3 heteroatoms. The summed E-state index contributed by atoms with van der Waals surface area (Å²) in [5, 5.41) is 0. The second kappa shape index (κ2) is 6.02. The number of aldehydes is 1. The highest BCUT2D eigenvalue weighted by Crippen LogP contribution is 2.33. The summed E-state index contributed by atoms with van der Waals surface area (Å²) in [6.45, 7) is 7.18. The molecule has 0 aliphatic heterocycles. The van der Waals surface area contributed by atoms with Crippen molar-refractivity contribution in [3.05, 3.63) is 83.8 Å². The number of benzene rings is 2. The number of rotatable bonds is 3. The highest BCUT2D eigenvalue weighted by Gasteiger charge is 2.10. The number of carbonyl (C=O) groups is 1. The van der Waals surface area contributed by atoms with Crippen molar-refractivity contribution in [3.63, 3.8) is 0 Å². The Morgan fingerprint density at radius 2 is 1.68 bits per heavy atom. The molecular weight excluding hydrogens is 272 g/mol. The first-order valence-electron chi connectivity index (χ1n) is 6.80. The van der Waals surface area contributed by atoms with Gasteiger partial charge < -0.3 is 0 Å². The van der Waals surface area contributed by atoms with Crippen molar-refractivity contribution in [2.75, 3.05) is 0 Å². The second-order valence-corrected chi connectivity index (χ2v) is 4.81. The Bertz CT molecular complexity index is 847. The summed E-state index contributed by atoms with van der Waals surface area (Å²) in [6.07, 6.45) is 2.39. The third-order valence-corrected chi connectivity index (χ3v) is 3.41. The molecular formula is C19H12N2O. The minimum Gasteiger partial charge on any atom is -0.298 e. The van der Waals surface area contributed by atoms with Gasteiger partial charge in [-0.25, -0.2) is 4.85 Å². The normalized spacial score (nSPS) is 9.95. The van der Waals surface area contributed by atoms with Crippen LogP contribution in [0, 0.1) is 6.57 Å². The van der Waals surface area contributed by atoms with E-state index in [-0.39, 0.29) is 0 Å². The van der Waals surface area contributed by atoms with Crippen LogP contribution in [-0.4, -0.2) is 11.3 Å². The van der Waals surface area contributed by atoms with E-state index in [0.717, 1.165) is 28.7 Å². The van der Waals surface area contributed by atoms with Gasteiger partial charge >= 0.3 is 0 Å². The molecule has 0 aliphatic rings. The Kier molecular flexibility index (Phi) is 3.76. The Morgan fingerprint density at radius 3 is 2.32 bits per heavy atom. The van der Waals surface area contributed by atoms with Gasteiger partial charge in [-0.3, -0.25) is 9.78 Å². The summed E-state index contributed by atoms with van der Waals surface area (Å²) in [6, 6.07) is 19.0. The van der Waals surface area contributed by atoms with Crippen LogP contribution in [0.2, 0.25) is 0 Å². The van der Waals surface area contributed by atoms with Crippen LogP contribution >= 0.6 is 0 Å². The van der Waals surface area contributed by atoms with Gasteiger partial charge in [0, 0.05) is 17.3 Å². The molecule has 0 saturated carbocycles. The number of hydrogen-bond donors (Lipinski definition) is 0. The fourth-order valence-corrected chi connectivity index (χ4v) is 2.30. The molecule has 2 aromatic carbocycles. The van der Waals surface area contributed by atoms with Crippen LogP contribution in [0.1, 0.15) is 10.4 Å². The molecule has 0 fully saturated rings. The van der Waals surface area contributed by atoms with E-state index in [1.54, 1.807) is 18.3 Å². The van der Waals surface area contributed by atoms with Crippen molar-refractivity contribution in [2.45, 2.75) is 0 Å². The summed E-state index contributed by atoms with van der Waals surface area (Å²) in [5.74, 6) is 0. The molecule has 0 saturated heterocycles. The first-order valence-corrected chi connectivity index (χ1v) is 6.80. The van der Waals surface area contributed by atoms with Gasteiger partial charge in [-0.2, -0.15) is 0 Å². The predicted molar refractivity (Wildman–Crippen MR) is 86.8 cm³/mol. The topological polar surface area (TPSA) is 34.3 Å². The average Bonchev–Trinajstić information content (AvgIpc) is 2.62. The van der Waals surface area contributed by atoms with Crippen molar-refractivity contribution in [2.24, 2.45) is 0 Å². The zero-order valence-electron chi connectivity index (χ0n) is 11.7. The third kappa shape index (κ3) is 2.63. The lowest BCUT2D eigenvalue weighted by Gasteiger charge is -2.10. The molecule has 1 heterocycles. The summed E-state index contributed by atoms with van der Waals surface area (Å²) < 4.78 is 0. The summed E-state index contributed by atoms with van der Waals surface area (Å²) >= 11 is 0. The average molecular weight is 284 g/mol. The zero-order valence-corrected chi connectivity index (χ0v) is 11.7. The van der Waals surface area contributed by atoms with Crippen molar-refractivity contribution in [1.82, 2.24) is 4.98 Å². The minimum atomic E-state index is 0.507. The van der Waals surface area contributed by atoms with Gasteiger partial charge in [0.15, 0.2) is 0 Å². The first kappa shape index (κ1) is 13.7. The Balaban J connectivity index is 2.18. The summed E-state index contributed by atoms with van der Waals surface area (Å²) in [7, 11) is 0. The molecule has 0 bridgehead atoms. The third-order valence-electron chi connectivity index (χ3n) is 3.41. The lowest BCUT2D eigenvalue weighted by atomic mass is 9.98. The van der Waals surface area contributed by atoms with Crippen LogP contribution in [0.25, 0.3) is 27.2 Å². The molecule has 3 rings (SSSR count). The smallest absolute Gasteiger partial charge is 0.205 e. The number of nitrogens with zero attached hydrogens (tertiary/aromatic N) is 2. The van der Waals surface area contributed by atoms with E-state index in [1.165, 1.54) is 0 Å². The Hall–Kier alpha value is -3.25. The van der Waals surface area contributed by atoms with Crippen molar-refractivity contribution in [3.8, 4) is 22.4 Å². The van der Waals surface area contributed by atoms with Crippen LogP contribution in [0.3, 0.4) is 0 Å². The molecule has 3 aromatic rings. The fourth-order valence-electron chi connectivity index (χ4n) is 2.30. The monoisotopic (exact) mass is 284 g/mol. The van der Waals surface area contributed by atoms with Gasteiger partial charge in [0.05, 0.1) is 12.3 Å². The molecule has 0 unspecified atom stereocenters. The maximum atomic E-state index is 10.8. The molecule has 104 valence electrons. The van der Waals surface area contributed by atoms with E-state index < -0.39 is 0 Å². The van der Waals surface area contributed by atoms with Crippen LogP contribution in [0.4, 0.5) is 5.69 Å². The van der Waals surface area contributed by atoms with Crippen LogP contribution < -0.4 is 0 Å². The van der Waals surface area contributed by atoms with E-state index in [2.05, 4.69) is 9.83 Å².